The van der Waals surface area contributed by atoms with Gasteiger partial charge < -0.3 is 5.01 Å². The molecule has 0 saturated heterocycles. The van der Waals surface area contributed by atoms with Crippen LogP contribution in [-0.4, -0.2) is 23.8 Å². The van der Waals surface area contributed by atoms with Crippen molar-refractivity contribution in [3.8, 4) is 0 Å². The largest absolute Gasteiger partial charge is 0.318 e. The minimum absolute atomic E-state index is 0.980. The van der Waals surface area contributed by atoms with E-state index in [9.17, 15) is 0 Å². The maximum absolute atomic E-state index is 4.34. The van der Waals surface area contributed by atoms with Crippen LogP contribution in [0.5, 0.6) is 0 Å². The van der Waals surface area contributed by atoms with Crippen molar-refractivity contribution < 1.29 is 0 Å². The van der Waals surface area contributed by atoms with E-state index in [2.05, 4.69) is 27.0 Å². The molecule has 0 amide bonds. The molecule has 0 aliphatic rings. The molecule has 4 heteroatoms. The minimum Gasteiger partial charge on any atom is -0.318 e. The Kier molecular flexibility index (Phi) is 2.00. The van der Waals surface area contributed by atoms with E-state index >= 15 is 0 Å². The van der Waals surface area contributed by atoms with Gasteiger partial charge in [-0.15, -0.1) is 0 Å². The number of nitrogens with zero attached hydrogens (tertiary/aromatic N) is 3. The van der Waals surface area contributed by atoms with Crippen molar-refractivity contribution in [1.29, 1.82) is 0 Å². The van der Waals surface area contributed by atoms with Crippen LogP contribution < -0.4 is 5.01 Å². The van der Waals surface area contributed by atoms with Gasteiger partial charge in [0.15, 0.2) is 5.65 Å². The predicted octanol–water partition coefficient (Wildman–Crippen LogP) is 2.00. The quantitative estimate of drug-likeness (QED) is 0.760. The van der Waals surface area contributed by atoms with Gasteiger partial charge in [-0.05, 0) is 28.1 Å². The minimum atomic E-state index is 0.980. The number of hydrogen-bond acceptors (Lipinski definition) is 2. The third kappa shape index (κ3) is 1.42. The van der Waals surface area contributed by atoms with Gasteiger partial charge in [-0.25, -0.2) is 9.66 Å². The molecule has 0 fully saturated rings. The molecule has 0 aliphatic carbocycles. The van der Waals surface area contributed by atoms with Crippen LogP contribution in [0.1, 0.15) is 0 Å². The second kappa shape index (κ2) is 3.03. The SMILES string of the molecule is CN(C)n1ccc2cc(Br)cnc21. The fourth-order valence-electron chi connectivity index (χ4n) is 1.31. The highest BCUT2D eigenvalue weighted by Crippen LogP contribution is 2.17. The van der Waals surface area contributed by atoms with Crippen LogP contribution in [0, 0.1) is 0 Å². The highest BCUT2D eigenvalue weighted by Gasteiger charge is 2.02. The van der Waals surface area contributed by atoms with Crippen molar-refractivity contribution in [2.24, 2.45) is 0 Å². The van der Waals surface area contributed by atoms with E-state index in [4.69, 9.17) is 0 Å². The Morgan fingerprint density at radius 2 is 2.23 bits per heavy atom. The number of hydrogen-bond donors (Lipinski definition) is 0. The summed E-state index contributed by atoms with van der Waals surface area (Å²) >= 11 is 3.39. The molecule has 0 radical (unpaired) electrons. The summed E-state index contributed by atoms with van der Waals surface area (Å²) in [5.41, 5.74) is 0.980. The van der Waals surface area contributed by atoms with Crippen LogP contribution in [0.15, 0.2) is 29.0 Å². The first-order chi connectivity index (χ1) is 6.18. The highest BCUT2D eigenvalue weighted by molar-refractivity contribution is 9.10. The molecule has 2 aromatic heterocycles. The Balaban J connectivity index is 2.69. The van der Waals surface area contributed by atoms with Gasteiger partial charge in [0.2, 0.25) is 0 Å². The number of pyridine rings is 1. The molecule has 2 rings (SSSR count). The van der Waals surface area contributed by atoms with Crippen molar-refractivity contribution in [2.45, 2.75) is 0 Å². The van der Waals surface area contributed by atoms with E-state index in [1.54, 1.807) is 0 Å². The molecule has 0 aliphatic heterocycles. The summed E-state index contributed by atoms with van der Waals surface area (Å²) in [6.07, 6.45) is 3.81. The van der Waals surface area contributed by atoms with Gasteiger partial charge in [-0.2, -0.15) is 0 Å². The Hall–Kier alpha value is -1.03. The van der Waals surface area contributed by atoms with Crippen molar-refractivity contribution in [2.75, 3.05) is 19.1 Å². The first-order valence-corrected chi connectivity index (χ1v) is 4.78. The van der Waals surface area contributed by atoms with Gasteiger partial charge in [0.1, 0.15) is 0 Å². The summed E-state index contributed by atoms with van der Waals surface area (Å²) < 4.78 is 3.01. The monoisotopic (exact) mass is 239 g/mol. The van der Waals surface area contributed by atoms with Crippen molar-refractivity contribution in [3.63, 3.8) is 0 Å². The van der Waals surface area contributed by atoms with Crippen LogP contribution in [-0.2, 0) is 0 Å². The first kappa shape index (κ1) is 8.56. The zero-order valence-electron chi connectivity index (χ0n) is 7.53. The molecule has 0 atom stereocenters. The Morgan fingerprint density at radius 1 is 1.46 bits per heavy atom. The summed E-state index contributed by atoms with van der Waals surface area (Å²) in [6, 6.07) is 4.11. The van der Waals surface area contributed by atoms with Crippen LogP contribution in [0.25, 0.3) is 11.0 Å². The molecule has 0 spiro atoms. The molecule has 0 unspecified atom stereocenters. The summed E-state index contributed by atoms with van der Waals surface area (Å²) in [5, 5.41) is 3.13. The number of halogens is 1. The average molecular weight is 240 g/mol. The zero-order chi connectivity index (χ0) is 9.42. The van der Waals surface area contributed by atoms with E-state index in [1.807, 2.05) is 42.2 Å². The summed E-state index contributed by atoms with van der Waals surface area (Å²) in [5.74, 6) is 0. The third-order valence-electron chi connectivity index (χ3n) is 1.90. The van der Waals surface area contributed by atoms with Gasteiger partial charge in [0.25, 0.3) is 0 Å². The Labute approximate surface area is 85.1 Å². The van der Waals surface area contributed by atoms with E-state index in [0.29, 0.717) is 0 Å². The lowest BCUT2D eigenvalue weighted by Gasteiger charge is -2.14. The molecule has 13 heavy (non-hydrogen) atoms. The molecule has 0 N–H and O–H groups in total. The molecule has 0 saturated carbocycles. The maximum atomic E-state index is 4.34. The highest BCUT2D eigenvalue weighted by atomic mass is 79.9. The predicted molar refractivity (Wildman–Crippen MR) is 57.5 cm³/mol. The summed E-state index contributed by atoms with van der Waals surface area (Å²) in [7, 11) is 3.98. The number of fused-ring (bicyclic) bond motifs is 1. The molecule has 2 heterocycles. The Morgan fingerprint density at radius 3 is 2.92 bits per heavy atom. The maximum Gasteiger partial charge on any atom is 0.158 e. The molecule has 0 bridgehead atoms. The van der Waals surface area contributed by atoms with Gasteiger partial charge in [-0.1, -0.05) is 0 Å². The number of aromatic nitrogens is 2. The second-order valence-electron chi connectivity index (χ2n) is 3.07. The normalized spacial score (nSPS) is 10.7. The standard InChI is InChI=1S/C9H10BrN3/c1-12(2)13-4-3-7-5-8(10)6-11-9(7)13/h3-6H,1-2H3. The molecular weight excluding hydrogens is 230 g/mol. The Bertz CT molecular complexity index is 433. The first-order valence-electron chi connectivity index (χ1n) is 3.99. The van der Waals surface area contributed by atoms with Crippen LogP contribution in [0.3, 0.4) is 0 Å². The van der Waals surface area contributed by atoms with E-state index < -0.39 is 0 Å². The summed E-state index contributed by atoms with van der Waals surface area (Å²) in [4.78, 5) is 4.34. The smallest absolute Gasteiger partial charge is 0.158 e. The fraction of sp³-hybridized carbons (Fsp3) is 0.222. The van der Waals surface area contributed by atoms with Gasteiger partial charge in [0.05, 0.1) is 0 Å². The van der Waals surface area contributed by atoms with Gasteiger partial charge in [0, 0.05) is 36.3 Å². The third-order valence-corrected chi connectivity index (χ3v) is 2.34. The van der Waals surface area contributed by atoms with E-state index in [0.717, 1.165) is 15.5 Å². The second-order valence-corrected chi connectivity index (χ2v) is 3.99. The van der Waals surface area contributed by atoms with E-state index in [-0.39, 0.29) is 0 Å². The van der Waals surface area contributed by atoms with Gasteiger partial charge in [-0.3, -0.25) is 0 Å². The zero-order valence-corrected chi connectivity index (χ0v) is 9.12. The lowest BCUT2D eigenvalue weighted by atomic mass is 10.3. The lowest BCUT2D eigenvalue weighted by Crippen LogP contribution is -2.23. The molecule has 2 aromatic rings. The molecular formula is C9H10BrN3. The van der Waals surface area contributed by atoms with Crippen molar-refractivity contribution in [1.82, 2.24) is 9.66 Å². The van der Waals surface area contributed by atoms with Crippen LogP contribution in [0.2, 0.25) is 0 Å². The van der Waals surface area contributed by atoms with Crippen molar-refractivity contribution in [3.05, 3.63) is 29.0 Å². The number of rotatable bonds is 1. The average Bonchev–Trinajstić information content (AvgIpc) is 2.46. The molecule has 0 aromatic carbocycles. The van der Waals surface area contributed by atoms with Crippen LogP contribution in [0.4, 0.5) is 0 Å². The summed E-state index contributed by atoms with van der Waals surface area (Å²) in [6.45, 7) is 0. The fourth-order valence-corrected chi connectivity index (χ4v) is 1.66. The van der Waals surface area contributed by atoms with E-state index in [1.165, 1.54) is 0 Å². The van der Waals surface area contributed by atoms with Crippen molar-refractivity contribution >= 4 is 27.0 Å². The molecule has 3 nitrogen and oxygen atoms in total. The van der Waals surface area contributed by atoms with Gasteiger partial charge >= 0.3 is 0 Å². The molecule has 68 valence electrons. The lowest BCUT2D eigenvalue weighted by molar-refractivity contribution is 0.753. The van der Waals surface area contributed by atoms with Crippen LogP contribution >= 0.6 is 15.9 Å². The topological polar surface area (TPSA) is 21.1 Å².